The fourth-order valence-electron chi connectivity index (χ4n) is 1.04. The maximum absolute atomic E-state index is 12.4. The Labute approximate surface area is 78.8 Å². The van der Waals surface area contributed by atoms with Crippen molar-refractivity contribution in [2.45, 2.75) is 12.7 Å². The van der Waals surface area contributed by atoms with Crippen LogP contribution in [0.2, 0.25) is 0 Å². The van der Waals surface area contributed by atoms with E-state index in [2.05, 4.69) is 4.98 Å². The maximum Gasteiger partial charge on any atom is 0.418 e. The van der Waals surface area contributed by atoms with E-state index in [0.29, 0.717) is 5.06 Å². The molecule has 78 valence electrons. The van der Waals surface area contributed by atoms with Crippen molar-refractivity contribution in [3.63, 3.8) is 0 Å². The van der Waals surface area contributed by atoms with Crippen molar-refractivity contribution >= 4 is 0 Å². The summed E-state index contributed by atoms with van der Waals surface area (Å²) in [5, 5.41) is 9.47. The van der Waals surface area contributed by atoms with E-state index in [-0.39, 0.29) is 12.2 Å². The molecule has 1 aromatic heterocycles. The number of aromatic nitrogens is 1. The van der Waals surface area contributed by atoms with Crippen molar-refractivity contribution in [3.8, 4) is 0 Å². The van der Waals surface area contributed by atoms with Gasteiger partial charge in [0.05, 0.1) is 17.8 Å². The summed E-state index contributed by atoms with van der Waals surface area (Å²) in [6.45, 7) is -0.254. The number of hydroxylamine groups is 2. The second-order valence-electron chi connectivity index (χ2n) is 2.81. The molecule has 0 amide bonds. The summed E-state index contributed by atoms with van der Waals surface area (Å²) in [4.78, 5) is 3.56. The highest BCUT2D eigenvalue weighted by Gasteiger charge is 2.33. The standard InChI is InChI=1S/C8H9F3N2O/c1-13(14)5-7-6(8(9,10)11)3-2-4-12-7/h2-4,14H,5H2,1H3. The highest BCUT2D eigenvalue weighted by atomic mass is 19.4. The molecule has 0 aromatic carbocycles. The number of rotatable bonds is 2. The molecule has 1 heterocycles. The van der Waals surface area contributed by atoms with E-state index in [1.54, 1.807) is 0 Å². The van der Waals surface area contributed by atoms with Crippen LogP contribution in [-0.2, 0) is 12.7 Å². The van der Waals surface area contributed by atoms with Gasteiger partial charge in [0.2, 0.25) is 0 Å². The lowest BCUT2D eigenvalue weighted by atomic mass is 10.2. The van der Waals surface area contributed by atoms with Crippen molar-refractivity contribution in [1.29, 1.82) is 0 Å². The molecule has 0 fully saturated rings. The average molecular weight is 206 g/mol. The van der Waals surface area contributed by atoms with Gasteiger partial charge in [0, 0.05) is 13.2 Å². The van der Waals surface area contributed by atoms with Crippen molar-refractivity contribution < 1.29 is 18.4 Å². The summed E-state index contributed by atoms with van der Waals surface area (Å²) in [5.74, 6) is 0. The van der Waals surface area contributed by atoms with Crippen molar-refractivity contribution in [3.05, 3.63) is 29.6 Å². The van der Waals surface area contributed by atoms with E-state index in [1.165, 1.54) is 19.3 Å². The van der Waals surface area contributed by atoms with Crippen LogP contribution in [-0.4, -0.2) is 22.3 Å². The van der Waals surface area contributed by atoms with Crippen molar-refractivity contribution in [2.24, 2.45) is 0 Å². The SMILES string of the molecule is CN(O)Cc1ncccc1C(F)(F)F. The van der Waals surface area contributed by atoms with Gasteiger partial charge >= 0.3 is 6.18 Å². The molecule has 14 heavy (non-hydrogen) atoms. The summed E-state index contributed by atoms with van der Waals surface area (Å²) < 4.78 is 37.1. The monoisotopic (exact) mass is 206 g/mol. The molecule has 6 heteroatoms. The summed E-state index contributed by atoms with van der Waals surface area (Å²) in [6.07, 6.45) is -3.17. The summed E-state index contributed by atoms with van der Waals surface area (Å²) >= 11 is 0. The number of hydrogen-bond donors (Lipinski definition) is 1. The van der Waals surface area contributed by atoms with Gasteiger partial charge in [0.15, 0.2) is 0 Å². The molecule has 3 nitrogen and oxygen atoms in total. The summed E-state index contributed by atoms with van der Waals surface area (Å²) in [5.41, 5.74) is -1.01. The quantitative estimate of drug-likeness (QED) is 0.751. The summed E-state index contributed by atoms with van der Waals surface area (Å²) in [6, 6.07) is 2.15. The fraction of sp³-hybridized carbons (Fsp3) is 0.375. The minimum Gasteiger partial charge on any atom is -0.314 e. The van der Waals surface area contributed by atoms with Crippen LogP contribution in [0, 0.1) is 0 Å². The van der Waals surface area contributed by atoms with E-state index in [4.69, 9.17) is 5.21 Å². The maximum atomic E-state index is 12.4. The Morgan fingerprint density at radius 2 is 2.14 bits per heavy atom. The molecule has 0 saturated carbocycles. The number of pyridine rings is 1. The lowest BCUT2D eigenvalue weighted by Crippen LogP contribution is -2.18. The second-order valence-corrected chi connectivity index (χ2v) is 2.81. The Morgan fingerprint density at radius 3 is 2.64 bits per heavy atom. The third-order valence-corrected chi connectivity index (χ3v) is 1.57. The minimum absolute atomic E-state index is 0.190. The van der Waals surface area contributed by atoms with Crippen molar-refractivity contribution in [1.82, 2.24) is 10.0 Å². The topological polar surface area (TPSA) is 36.4 Å². The van der Waals surface area contributed by atoms with Gasteiger partial charge in [-0.15, -0.1) is 0 Å². The first-order valence-corrected chi connectivity index (χ1v) is 3.82. The third-order valence-electron chi connectivity index (χ3n) is 1.57. The third kappa shape index (κ3) is 2.68. The van der Waals surface area contributed by atoms with E-state index >= 15 is 0 Å². The molecule has 1 rings (SSSR count). The molecule has 0 aliphatic heterocycles. The van der Waals surface area contributed by atoms with Crippen LogP contribution in [0.25, 0.3) is 0 Å². The number of halogens is 3. The first-order chi connectivity index (χ1) is 6.41. The number of nitrogens with zero attached hydrogens (tertiary/aromatic N) is 2. The Hall–Kier alpha value is -1.14. The van der Waals surface area contributed by atoms with Crippen LogP contribution >= 0.6 is 0 Å². The Morgan fingerprint density at radius 1 is 1.50 bits per heavy atom. The molecular weight excluding hydrogens is 197 g/mol. The van der Waals surface area contributed by atoms with Gasteiger partial charge in [-0.1, -0.05) is 0 Å². The van der Waals surface area contributed by atoms with Crippen LogP contribution in [0.15, 0.2) is 18.3 Å². The first kappa shape index (κ1) is 10.9. The Kier molecular flexibility index (Phi) is 3.07. The van der Waals surface area contributed by atoms with Crippen LogP contribution in [0.1, 0.15) is 11.3 Å². The van der Waals surface area contributed by atoms with Gasteiger partial charge in [0.1, 0.15) is 0 Å². The lowest BCUT2D eigenvalue weighted by Gasteiger charge is -2.13. The molecule has 0 atom stereocenters. The Balaban J connectivity index is 3.04. The zero-order chi connectivity index (χ0) is 10.8. The summed E-state index contributed by atoms with van der Waals surface area (Å²) in [7, 11) is 1.26. The van der Waals surface area contributed by atoms with Crippen LogP contribution in [0.5, 0.6) is 0 Å². The van der Waals surface area contributed by atoms with E-state index < -0.39 is 11.7 Å². The molecule has 0 aliphatic carbocycles. The van der Waals surface area contributed by atoms with Crippen LogP contribution in [0.4, 0.5) is 13.2 Å². The van der Waals surface area contributed by atoms with E-state index in [0.717, 1.165) is 6.07 Å². The predicted molar refractivity (Wildman–Crippen MR) is 42.5 cm³/mol. The molecule has 0 radical (unpaired) electrons. The highest BCUT2D eigenvalue weighted by Crippen LogP contribution is 2.31. The van der Waals surface area contributed by atoms with Gasteiger partial charge in [-0.25, -0.2) is 0 Å². The molecule has 1 aromatic rings. The first-order valence-electron chi connectivity index (χ1n) is 3.82. The number of alkyl halides is 3. The van der Waals surface area contributed by atoms with Gasteiger partial charge in [-0.2, -0.15) is 18.2 Å². The number of hydrogen-bond acceptors (Lipinski definition) is 3. The zero-order valence-corrected chi connectivity index (χ0v) is 7.41. The fourth-order valence-corrected chi connectivity index (χ4v) is 1.04. The van der Waals surface area contributed by atoms with Crippen LogP contribution in [0.3, 0.4) is 0 Å². The highest BCUT2D eigenvalue weighted by molar-refractivity contribution is 5.22. The van der Waals surface area contributed by atoms with Gasteiger partial charge in [-0.05, 0) is 12.1 Å². The minimum atomic E-state index is -4.43. The van der Waals surface area contributed by atoms with Crippen molar-refractivity contribution in [2.75, 3.05) is 7.05 Å². The molecule has 0 aliphatic rings. The zero-order valence-electron chi connectivity index (χ0n) is 7.41. The molecular formula is C8H9F3N2O. The van der Waals surface area contributed by atoms with Crippen LogP contribution < -0.4 is 0 Å². The Bertz CT molecular complexity index is 312. The van der Waals surface area contributed by atoms with Gasteiger partial charge < -0.3 is 5.21 Å². The predicted octanol–water partition coefficient (Wildman–Crippen LogP) is 1.92. The molecule has 0 spiro atoms. The molecule has 0 bridgehead atoms. The van der Waals surface area contributed by atoms with Gasteiger partial charge in [-0.3, -0.25) is 4.98 Å². The molecule has 1 N–H and O–H groups in total. The average Bonchev–Trinajstić information content (AvgIpc) is 2.01. The molecule has 0 saturated heterocycles. The van der Waals surface area contributed by atoms with Gasteiger partial charge in [0.25, 0.3) is 0 Å². The van der Waals surface area contributed by atoms with E-state index in [9.17, 15) is 13.2 Å². The largest absolute Gasteiger partial charge is 0.418 e. The molecule has 0 unspecified atom stereocenters. The lowest BCUT2D eigenvalue weighted by molar-refractivity contribution is -0.140. The smallest absolute Gasteiger partial charge is 0.314 e. The van der Waals surface area contributed by atoms with E-state index in [1.807, 2.05) is 0 Å². The second kappa shape index (κ2) is 3.93. The normalized spacial score (nSPS) is 12.1.